The number of anilines is 2. The zero-order chi connectivity index (χ0) is 21.0. The molecule has 1 saturated carbocycles. The molecule has 1 aliphatic rings. The Bertz CT molecular complexity index is 832. The molecule has 0 aliphatic heterocycles. The third-order valence-electron chi connectivity index (χ3n) is 5.53. The molecule has 29 heavy (non-hydrogen) atoms. The fourth-order valence-corrected chi connectivity index (χ4v) is 4.07. The summed E-state index contributed by atoms with van der Waals surface area (Å²) >= 11 is 3.45. The Labute approximate surface area is 181 Å². The molecule has 3 rings (SSSR count). The molecule has 1 aromatic heterocycles. The molecule has 2 N–H and O–H groups in total. The summed E-state index contributed by atoms with van der Waals surface area (Å²) < 4.78 is 1.04. The summed E-state index contributed by atoms with van der Waals surface area (Å²) in [4.78, 5) is 23.7. The highest BCUT2D eigenvalue weighted by Crippen LogP contribution is 2.27. The maximum atomic E-state index is 12.7. The smallest absolute Gasteiger partial charge is 0.224 e. The Morgan fingerprint density at radius 2 is 1.83 bits per heavy atom. The average molecular weight is 460 g/mol. The van der Waals surface area contributed by atoms with Gasteiger partial charge < -0.3 is 15.5 Å². The first-order valence-electron chi connectivity index (χ1n) is 10.2. The molecule has 1 atom stereocenters. The van der Waals surface area contributed by atoms with Crippen LogP contribution >= 0.6 is 15.9 Å². The highest BCUT2D eigenvalue weighted by Gasteiger charge is 2.27. The Morgan fingerprint density at radius 3 is 2.45 bits per heavy atom. The second-order valence-electron chi connectivity index (χ2n) is 8.07. The van der Waals surface area contributed by atoms with E-state index in [1.807, 2.05) is 63.3 Å². The van der Waals surface area contributed by atoms with Crippen LogP contribution in [0.25, 0.3) is 0 Å². The van der Waals surface area contributed by atoms with Crippen molar-refractivity contribution in [1.82, 2.24) is 15.3 Å². The number of carbonyl (C=O) groups is 1. The Kier molecular flexibility index (Phi) is 7.11. The number of halogens is 1. The first-order chi connectivity index (χ1) is 13.8. The molecule has 0 unspecified atom stereocenters. The predicted octanol–water partition coefficient (Wildman–Crippen LogP) is 4.46. The molecule has 0 bridgehead atoms. The van der Waals surface area contributed by atoms with Crippen LogP contribution in [0.3, 0.4) is 0 Å². The average Bonchev–Trinajstić information content (AvgIpc) is 2.70. The zero-order valence-electron chi connectivity index (χ0n) is 17.6. The largest absolute Gasteiger partial charge is 0.362 e. The van der Waals surface area contributed by atoms with Crippen molar-refractivity contribution >= 4 is 33.6 Å². The number of nitrogens with one attached hydrogen (secondary N) is 2. The molecule has 156 valence electrons. The topological polar surface area (TPSA) is 70.1 Å². The van der Waals surface area contributed by atoms with Gasteiger partial charge in [-0.05, 0) is 57.2 Å². The minimum absolute atomic E-state index is 0.0110. The summed E-state index contributed by atoms with van der Waals surface area (Å²) in [5.74, 6) is 1.82. The maximum Gasteiger partial charge on any atom is 0.224 e. The predicted molar refractivity (Wildman–Crippen MR) is 121 cm³/mol. The second-order valence-corrected chi connectivity index (χ2v) is 8.99. The highest BCUT2D eigenvalue weighted by molar-refractivity contribution is 9.10. The summed E-state index contributed by atoms with van der Waals surface area (Å²) in [5.41, 5.74) is 2.17. The molecular weight excluding hydrogens is 430 g/mol. The van der Waals surface area contributed by atoms with Gasteiger partial charge in [-0.3, -0.25) is 4.79 Å². The van der Waals surface area contributed by atoms with E-state index in [0.717, 1.165) is 47.1 Å². The molecular formula is C22H30BrN5O. The lowest BCUT2D eigenvalue weighted by Gasteiger charge is -2.29. The van der Waals surface area contributed by atoms with Crippen LogP contribution in [0.15, 0.2) is 34.9 Å². The van der Waals surface area contributed by atoms with Crippen molar-refractivity contribution in [3.8, 4) is 0 Å². The van der Waals surface area contributed by atoms with E-state index in [0.29, 0.717) is 12.0 Å². The first kappa shape index (κ1) is 21.6. The quantitative estimate of drug-likeness (QED) is 0.666. The number of benzene rings is 1. The first-order valence-corrected chi connectivity index (χ1v) is 11.0. The van der Waals surface area contributed by atoms with E-state index in [1.165, 1.54) is 0 Å². The number of nitrogens with zero attached hydrogens (tertiary/aromatic N) is 3. The van der Waals surface area contributed by atoms with E-state index >= 15 is 0 Å². The van der Waals surface area contributed by atoms with Crippen molar-refractivity contribution in [3.05, 3.63) is 46.1 Å². The molecule has 1 aromatic carbocycles. The van der Waals surface area contributed by atoms with E-state index < -0.39 is 0 Å². The zero-order valence-corrected chi connectivity index (χ0v) is 19.2. The maximum absolute atomic E-state index is 12.7. The van der Waals surface area contributed by atoms with Crippen molar-refractivity contribution in [1.29, 1.82) is 0 Å². The van der Waals surface area contributed by atoms with Gasteiger partial charge in [0.1, 0.15) is 5.82 Å². The third kappa shape index (κ3) is 5.69. The Hall–Kier alpha value is -2.15. The van der Waals surface area contributed by atoms with Crippen molar-refractivity contribution in [2.75, 3.05) is 24.3 Å². The lowest BCUT2D eigenvalue weighted by molar-refractivity contribution is -0.126. The van der Waals surface area contributed by atoms with Gasteiger partial charge in [-0.1, -0.05) is 28.1 Å². The van der Waals surface area contributed by atoms with Crippen molar-refractivity contribution in [2.24, 2.45) is 5.92 Å². The molecule has 0 radical (unpaired) electrons. The fourth-order valence-electron chi connectivity index (χ4n) is 3.80. The number of amides is 1. The van der Waals surface area contributed by atoms with Crippen LogP contribution in [0.5, 0.6) is 0 Å². The molecule has 1 fully saturated rings. The second kappa shape index (κ2) is 9.57. The van der Waals surface area contributed by atoms with Gasteiger partial charge in [-0.15, -0.1) is 0 Å². The van der Waals surface area contributed by atoms with E-state index in [1.54, 1.807) is 0 Å². The van der Waals surface area contributed by atoms with Gasteiger partial charge in [0.05, 0.1) is 6.04 Å². The van der Waals surface area contributed by atoms with Crippen LogP contribution in [0, 0.1) is 12.8 Å². The molecule has 6 nitrogen and oxygen atoms in total. The standard InChI is InChI=1S/C22H30BrN5O/c1-14-13-24-22(27-20(14)28(3)4)26-19-11-7-17(8-12-19)21(29)25-15(2)16-5-9-18(23)10-6-16/h5-6,9-10,13,15,17,19H,7-8,11-12H2,1-4H3,(H,25,29)(H,24,26,27)/t15-,17-,19+/m1/s1. The molecule has 1 aliphatic carbocycles. The minimum atomic E-state index is 0.0110. The summed E-state index contributed by atoms with van der Waals surface area (Å²) in [6.07, 6.45) is 5.50. The van der Waals surface area contributed by atoms with E-state index in [2.05, 4.69) is 36.5 Å². The van der Waals surface area contributed by atoms with E-state index in [9.17, 15) is 4.79 Å². The monoisotopic (exact) mass is 459 g/mol. The Morgan fingerprint density at radius 1 is 1.17 bits per heavy atom. The van der Waals surface area contributed by atoms with Gasteiger partial charge in [0.25, 0.3) is 0 Å². The van der Waals surface area contributed by atoms with Crippen LogP contribution < -0.4 is 15.5 Å². The van der Waals surface area contributed by atoms with Crippen molar-refractivity contribution in [2.45, 2.75) is 51.6 Å². The lowest BCUT2D eigenvalue weighted by Crippen LogP contribution is -2.37. The van der Waals surface area contributed by atoms with E-state index in [-0.39, 0.29) is 17.9 Å². The molecule has 7 heteroatoms. The highest BCUT2D eigenvalue weighted by atomic mass is 79.9. The lowest BCUT2D eigenvalue weighted by atomic mass is 9.85. The summed E-state index contributed by atoms with van der Waals surface area (Å²) in [5, 5.41) is 6.62. The minimum Gasteiger partial charge on any atom is -0.362 e. The molecule has 1 heterocycles. The molecule has 1 amide bonds. The molecule has 0 spiro atoms. The van der Waals surface area contributed by atoms with Crippen LogP contribution in [0.2, 0.25) is 0 Å². The fraction of sp³-hybridized carbons (Fsp3) is 0.500. The Balaban J connectivity index is 1.50. The van der Waals surface area contributed by atoms with Gasteiger partial charge in [0.15, 0.2) is 0 Å². The van der Waals surface area contributed by atoms with E-state index in [4.69, 9.17) is 0 Å². The number of carbonyl (C=O) groups excluding carboxylic acids is 1. The van der Waals surface area contributed by atoms with Crippen LogP contribution in [-0.2, 0) is 4.79 Å². The van der Waals surface area contributed by atoms with Gasteiger partial charge >= 0.3 is 0 Å². The molecule has 2 aromatic rings. The van der Waals surface area contributed by atoms with Gasteiger partial charge in [0, 0.05) is 42.3 Å². The summed E-state index contributed by atoms with van der Waals surface area (Å²) in [7, 11) is 3.97. The van der Waals surface area contributed by atoms with Crippen LogP contribution in [0.4, 0.5) is 11.8 Å². The van der Waals surface area contributed by atoms with Gasteiger partial charge in [0.2, 0.25) is 11.9 Å². The third-order valence-corrected chi connectivity index (χ3v) is 6.06. The number of aryl methyl sites for hydroxylation is 1. The summed E-state index contributed by atoms with van der Waals surface area (Å²) in [6.45, 7) is 4.05. The summed E-state index contributed by atoms with van der Waals surface area (Å²) in [6, 6.07) is 8.41. The van der Waals surface area contributed by atoms with Crippen LogP contribution in [-0.4, -0.2) is 36.0 Å². The van der Waals surface area contributed by atoms with Gasteiger partial charge in [-0.25, -0.2) is 4.98 Å². The number of rotatable bonds is 6. The number of aromatic nitrogens is 2. The molecule has 0 saturated heterocycles. The van der Waals surface area contributed by atoms with Gasteiger partial charge in [-0.2, -0.15) is 4.98 Å². The number of hydrogen-bond acceptors (Lipinski definition) is 5. The van der Waals surface area contributed by atoms with Crippen molar-refractivity contribution < 1.29 is 4.79 Å². The number of hydrogen-bond donors (Lipinski definition) is 2. The van der Waals surface area contributed by atoms with Crippen LogP contribution in [0.1, 0.15) is 49.8 Å². The SMILES string of the molecule is Cc1cnc(N[C@H]2CC[C@@H](C(=O)N[C@H](C)c3ccc(Br)cc3)CC2)nc1N(C)C. The normalized spacial score (nSPS) is 20.0. The van der Waals surface area contributed by atoms with Crippen molar-refractivity contribution in [3.63, 3.8) is 0 Å².